The molecule has 1 heterocycles. The predicted octanol–water partition coefficient (Wildman–Crippen LogP) is 2.54. The lowest BCUT2D eigenvalue weighted by Crippen LogP contribution is -2.04. The topological polar surface area (TPSA) is 37.9 Å². The molecule has 14 heavy (non-hydrogen) atoms. The number of hydrogen-bond acceptors (Lipinski definition) is 2. The summed E-state index contributed by atoms with van der Waals surface area (Å²) >= 11 is 2.27. The summed E-state index contributed by atoms with van der Waals surface area (Å²) in [7, 11) is 1.78. The molecule has 0 spiro atoms. The van der Waals surface area contributed by atoms with E-state index in [-0.39, 0.29) is 0 Å². The van der Waals surface area contributed by atoms with Crippen LogP contribution in [0.15, 0.2) is 6.20 Å². The van der Waals surface area contributed by atoms with Crippen LogP contribution in [-0.2, 0) is 4.74 Å². The van der Waals surface area contributed by atoms with Gasteiger partial charge in [-0.05, 0) is 47.8 Å². The number of hydrogen-bond donors (Lipinski definition) is 1. The van der Waals surface area contributed by atoms with Gasteiger partial charge >= 0.3 is 0 Å². The molecule has 0 unspecified atom stereocenters. The Bertz CT molecular complexity index is 300. The van der Waals surface area contributed by atoms with Gasteiger partial charge in [0.05, 0.1) is 9.90 Å². The maximum absolute atomic E-state index is 5.18. The third-order valence-electron chi connectivity index (χ3n) is 2.89. The van der Waals surface area contributed by atoms with E-state index in [0.717, 1.165) is 22.0 Å². The first-order valence-corrected chi connectivity index (χ1v) is 6.07. The number of nitrogens with zero attached hydrogens (tertiary/aromatic N) is 1. The number of methoxy groups -OCH3 is 1. The summed E-state index contributed by atoms with van der Waals surface area (Å²) in [6.07, 6.45) is 5.64. The van der Waals surface area contributed by atoms with E-state index < -0.39 is 0 Å². The first-order valence-electron chi connectivity index (χ1n) is 4.99. The van der Waals surface area contributed by atoms with Crippen LogP contribution in [0.4, 0.5) is 0 Å². The minimum Gasteiger partial charge on any atom is -0.384 e. The number of nitrogens with one attached hydrogen (secondary N) is 1. The summed E-state index contributed by atoms with van der Waals surface area (Å²) in [5.74, 6) is 2.51. The maximum Gasteiger partial charge on any atom is 0.109 e. The Morgan fingerprint density at radius 1 is 1.64 bits per heavy atom. The molecule has 78 valence electrons. The van der Waals surface area contributed by atoms with E-state index in [9.17, 15) is 0 Å². The van der Waals surface area contributed by atoms with Crippen molar-refractivity contribution in [1.29, 1.82) is 0 Å². The molecule has 3 nitrogen and oxygen atoms in total. The molecule has 1 saturated carbocycles. The molecule has 0 saturated heterocycles. The number of aromatic amines is 1. The highest BCUT2D eigenvalue weighted by molar-refractivity contribution is 14.1. The van der Waals surface area contributed by atoms with Gasteiger partial charge in [0, 0.05) is 19.6 Å². The lowest BCUT2D eigenvalue weighted by atomic mass is 10.1. The van der Waals surface area contributed by atoms with Crippen molar-refractivity contribution in [3.05, 3.63) is 15.7 Å². The molecule has 1 fully saturated rings. The fourth-order valence-electron chi connectivity index (χ4n) is 2.23. The highest BCUT2D eigenvalue weighted by Gasteiger charge is 2.27. The molecule has 2 rings (SSSR count). The van der Waals surface area contributed by atoms with Crippen LogP contribution >= 0.6 is 22.6 Å². The number of halogens is 1. The summed E-state index contributed by atoms with van der Waals surface area (Å²) in [6.45, 7) is 0.897. The molecule has 2 atom stereocenters. The average molecular weight is 306 g/mol. The van der Waals surface area contributed by atoms with Crippen molar-refractivity contribution in [1.82, 2.24) is 9.97 Å². The molecule has 0 bridgehead atoms. The van der Waals surface area contributed by atoms with E-state index in [1.807, 2.05) is 6.20 Å². The van der Waals surface area contributed by atoms with E-state index in [4.69, 9.17) is 4.74 Å². The molecule has 4 heteroatoms. The van der Waals surface area contributed by atoms with Crippen molar-refractivity contribution in [2.45, 2.75) is 25.2 Å². The SMILES string of the molecule is COC[C@@H]1CC[C@H](c2ncc(I)[nH]2)C1. The monoisotopic (exact) mass is 306 g/mol. The van der Waals surface area contributed by atoms with Crippen LogP contribution in [0.2, 0.25) is 0 Å². The molecule has 1 aromatic heterocycles. The van der Waals surface area contributed by atoms with Crippen molar-refractivity contribution < 1.29 is 4.74 Å². The molecule has 0 aliphatic heterocycles. The number of ether oxygens (including phenoxy) is 1. The molecular weight excluding hydrogens is 291 g/mol. The van der Waals surface area contributed by atoms with Gasteiger partial charge in [-0.3, -0.25) is 0 Å². The van der Waals surface area contributed by atoms with E-state index in [0.29, 0.717) is 5.92 Å². The number of H-pyrrole nitrogens is 1. The summed E-state index contributed by atoms with van der Waals surface area (Å²) in [6, 6.07) is 0. The zero-order valence-corrected chi connectivity index (χ0v) is 10.5. The molecule has 0 aromatic carbocycles. The van der Waals surface area contributed by atoms with Crippen molar-refractivity contribution >= 4 is 22.6 Å². The van der Waals surface area contributed by atoms with Gasteiger partial charge in [0.2, 0.25) is 0 Å². The van der Waals surface area contributed by atoms with Gasteiger partial charge in [-0.15, -0.1) is 0 Å². The number of aromatic nitrogens is 2. The van der Waals surface area contributed by atoms with E-state index >= 15 is 0 Å². The standard InChI is InChI=1S/C10H15IN2O/c1-14-6-7-2-3-8(4-7)10-12-5-9(11)13-10/h5,7-8H,2-4,6H2,1H3,(H,12,13)/t7-,8+/m1/s1. The molecule has 1 aliphatic rings. The van der Waals surface area contributed by atoms with Crippen molar-refractivity contribution in [2.24, 2.45) is 5.92 Å². The highest BCUT2D eigenvalue weighted by atomic mass is 127. The molecule has 1 aromatic rings. The second-order valence-corrected chi connectivity index (χ2v) is 5.11. The van der Waals surface area contributed by atoms with Gasteiger partial charge in [-0.25, -0.2) is 4.98 Å². The van der Waals surface area contributed by atoms with Gasteiger partial charge < -0.3 is 9.72 Å². The third kappa shape index (κ3) is 2.28. The molecule has 1 N–H and O–H groups in total. The van der Waals surface area contributed by atoms with Crippen LogP contribution in [0.5, 0.6) is 0 Å². The van der Waals surface area contributed by atoms with Gasteiger partial charge in [0.1, 0.15) is 5.82 Å². The van der Waals surface area contributed by atoms with Crippen LogP contribution < -0.4 is 0 Å². The average Bonchev–Trinajstić information content (AvgIpc) is 2.74. The third-order valence-corrected chi connectivity index (χ3v) is 3.44. The van der Waals surface area contributed by atoms with Crippen LogP contribution in [-0.4, -0.2) is 23.7 Å². The fraction of sp³-hybridized carbons (Fsp3) is 0.700. The molecule has 0 radical (unpaired) electrons. The molecule has 1 aliphatic carbocycles. The summed E-state index contributed by atoms with van der Waals surface area (Å²) in [5, 5.41) is 0. The fourth-order valence-corrected chi connectivity index (χ4v) is 2.65. The Morgan fingerprint density at radius 2 is 2.50 bits per heavy atom. The van der Waals surface area contributed by atoms with Crippen LogP contribution in [0.1, 0.15) is 31.0 Å². The summed E-state index contributed by atoms with van der Waals surface area (Å²) in [5.41, 5.74) is 0. The lowest BCUT2D eigenvalue weighted by Gasteiger charge is -2.08. The first-order chi connectivity index (χ1) is 6.79. The predicted molar refractivity (Wildman–Crippen MR) is 63.3 cm³/mol. The van der Waals surface area contributed by atoms with Gasteiger partial charge in [0.25, 0.3) is 0 Å². The Labute approximate surface area is 97.8 Å². The highest BCUT2D eigenvalue weighted by Crippen LogP contribution is 2.36. The van der Waals surface area contributed by atoms with Crippen molar-refractivity contribution in [3.8, 4) is 0 Å². The first kappa shape index (κ1) is 10.4. The zero-order valence-electron chi connectivity index (χ0n) is 8.29. The van der Waals surface area contributed by atoms with Gasteiger partial charge in [-0.2, -0.15) is 0 Å². The Hall–Kier alpha value is -0.100. The van der Waals surface area contributed by atoms with Crippen LogP contribution in [0.25, 0.3) is 0 Å². The number of rotatable bonds is 3. The van der Waals surface area contributed by atoms with Crippen LogP contribution in [0, 0.1) is 9.62 Å². The summed E-state index contributed by atoms with van der Waals surface area (Å²) in [4.78, 5) is 7.70. The Kier molecular flexibility index (Phi) is 3.43. The lowest BCUT2D eigenvalue weighted by molar-refractivity contribution is 0.154. The minimum atomic E-state index is 0.624. The molecular formula is C10H15IN2O. The Balaban J connectivity index is 1.95. The summed E-state index contributed by atoms with van der Waals surface area (Å²) < 4.78 is 6.32. The van der Waals surface area contributed by atoms with E-state index in [1.165, 1.54) is 19.3 Å². The quantitative estimate of drug-likeness (QED) is 0.872. The minimum absolute atomic E-state index is 0.624. The largest absolute Gasteiger partial charge is 0.384 e. The van der Waals surface area contributed by atoms with Gasteiger partial charge in [-0.1, -0.05) is 0 Å². The van der Waals surface area contributed by atoms with Gasteiger partial charge in [0.15, 0.2) is 0 Å². The van der Waals surface area contributed by atoms with E-state index in [2.05, 4.69) is 32.6 Å². The Morgan fingerprint density at radius 3 is 3.14 bits per heavy atom. The number of imidazole rings is 1. The normalized spacial score (nSPS) is 27.0. The second kappa shape index (κ2) is 4.61. The smallest absolute Gasteiger partial charge is 0.109 e. The molecule has 0 amide bonds. The maximum atomic E-state index is 5.18. The van der Waals surface area contributed by atoms with Crippen LogP contribution in [0.3, 0.4) is 0 Å². The second-order valence-electron chi connectivity index (χ2n) is 3.95. The van der Waals surface area contributed by atoms with Crippen molar-refractivity contribution in [3.63, 3.8) is 0 Å². The zero-order chi connectivity index (χ0) is 9.97. The van der Waals surface area contributed by atoms with E-state index in [1.54, 1.807) is 7.11 Å². The van der Waals surface area contributed by atoms with Crippen molar-refractivity contribution in [2.75, 3.05) is 13.7 Å².